The van der Waals surface area contributed by atoms with E-state index in [-0.39, 0.29) is 30.3 Å². The summed E-state index contributed by atoms with van der Waals surface area (Å²) in [6, 6.07) is -0.0155. The standard InChI is InChI=1S/C28H44N3O6/c1-6-7-8-25(33)31-22-13-19(3)23(36-20(22)4)11-9-18(2)10-12-24-26(34)28(17-35-28)14-21(37-24)15-30-27(5,29)16-32/h6-10,12,16,19-24,26,30,34H,11,13-15,17,29H2,1-5H3,(H,31,33)/b8-7-,12-10+,18-9+/t19-,20+,21-,22+,23-,24+,26+,27-,28+/m0/s1. The van der Waals surface area contributed by atoms with Crippen molar-refractivity contribution in [2.45, 2.75) is 102 Å². The van der Waals surface area contributed by atoms with Gasteiger partial charge in [0.05, 0.1) is 31.0 Å². The molecule has 1 radical (unpaired) electrons. The molecule has 1 amide bonds. The topological polar surface area (TPSA) is 135 Å². The second kappa shape index (κ2) is 12.8. The third-order valence-electron chi connectivity index (χ3n) is 7.45. The van der Waals surface area contributed by atoms with E-state index < -0.39 is 23.5 Å². The van der Waals surface area contributed by atoms with Crippen LogP contribution in [-0.2, 0) is 23.8 Å². The molecule has 3 aliphatic heterocycles. The number of nitrogens with one attached hydrogen (secondary N) is 2. The number of carbonyl (C=O) groups is 2. The predicted octanol–water partition coefficient (Wildman–Crippen LogP) is 1.71. The smallest absolute Gasteiger partial charge is 0.243 e. The Bertz CT molecular complexity index is 881. The molecule has 3 rings (SSSR count). The quantitative estimate of drug-likeness (QED) is 0.107. The molecule has 3 aliphatic rings. The summed E-state index contributed by atoms with van der Waals surface area (Å²) in [6.45, 7) is 10.5. The molecule has 1 spiro atoms. The van der Waals surface area contributed by atoms with Crippen LogP contribution >= 0.6 is 0 Å². The molecule has 0 aromatic carbocycles. The Morgan fingerprint density at radius 3 is 2.65 bits per heavy atom. The third kappa shape index (κ3) is 8.30. The zero-order chi connectivity index (χ0) is 27.2. The molecule has 3 heterocycles. The van der Waals surface area contributed by atoms with Crippen molar-refractivity contribution in [3.63, 3.8) is 0 Å². The van der Waals surface area contributed by atoms with Crippen molar-refractivity contribution in [3.05, 3.63) is 42.4 Å². The molecule has 0 bridgehead atoms. The van der Waals surface area contributed by atoms with E-state index in [9.17, 15) is 14.7 Å². The summed E-state index contributed by atoms with van der Waals surface area (Å²) in [7, 11) is 0. The second-order valence-electron chi connectivity index (χ2n) is 10.9. The predicted molar refractivity (Wildman–Crippen MR) is 141 cm³/mol. The first-order chi connectivity index (χ1) is 17.5. The maximum atomic E-state index is 12.1. The summed E-state index contributed by atoms with van der Waals surface area (Å²) in [5.41, 5.74) is 5.18. The average Bonchev–Trinajstić information content (AvgIpc) is 3.63. The van der Waals surface area contributed by atoms with Crippen LogP contribution in [0.4, 0.5) is 0 Å². The lowest BCUT2D eigenvalue weighted by Crippen LogP contribution is -2.58. The minimum Gasteiger partial charge on any atom is -0.387 e. The zero-order valence-corrected chi connectivity index (χ0v) is 22.7. The highest BCUT2D eigenvalue weighted by Crippen LogP contribution is 2.42. The van der Waals surface area contributed by atoms with Gasteiger partial charge in [-0.25, -0.2) is 0 Å². The normalized spacial score (nSPS) is 38.1. The number of nitrogens with two attached hydrogens (primary N) is 1. The van der Waals surface area contributed by atoms with Crippen LogP contribution in [0.25, 0.3) is 0 Å². The minimum absolute atomic E-state index is 0.0155. The Labute approximate surface area is 220 Å². The van der Waals surface area contributed by atoms with Crippen molar-refractivity contribution in [2.75, 3.05) is 13.2 Å². The van der Waals surface area contributed by atoms with Crippen LogP contribution < -0.4 is 16.4 Å². The Balaban J connectivity index is 1.53. The number of amides is 1. The fourth-order valence-electron chi connectivity index (χ4n) is 4.92. The fourth-order valence-corrected chi connectivity index (χ4v) is 4.92. The van der Waals surface area contributed by atoms with Crippen LogP contribution in [-0.4, -0.2) is 78.3 Å². The van der Waals surface area contributed by atoms with Gasteiger partial charge in [0.1, 0.15) is 23.5 Å². The Morgan fingerprint density at radius 1 is 1.27 bits per heavy atom. The highest BCUT2D eigenvalue weighted by atomic mass is 16.6. The molecule has 9 atom stereocenters. The SMILES string of the molecule is C[CH]/C=C\C(=O)N[C@@H]1C[C@H](C)[C@H](C/C=C(C)/C=C/[C@H]2O[C@H](CN[C@](C)(N)C=O)C[C@@]3(CO3)[C@@H]2O)O[C@@H]1C. The summed E-state index contributed by atoms with van der Waals surface area (Å²) >= 11 is 0. The van der Waals surface area contributed by atoms with E-state index >= 15 is 0 Å². The zero-order valence-electron chi connectivity index (χ0n) is 22.7. The molecule has 0 unspecified atom stereocenters. The van der Waals surface area contributed by atoms with E-state index in [1.807, 2.05) is 39.3 Å². The third-order valence-corrected chi connectivity index (χ3v) is 7.45. The second-order valence-corrected chi connectivity index (χ2v) is 10.9. The van der Waals surface area contributed by atoms with Crippen molar-refractivity contribution in [3.8, 4) is 0 Å². The van der Waals surface area contributed by atoms with E-state index in [4.69, 9.17) is 19.9 Å². The number of aliphatic hydroxyl groups excluding tert-OH is 1. The lowest BCUT2D eigenvalue weighted by atomic mass is 9.87. The number of hydrogen-bond donors (Lipinski definition) is 4. The van der Waals surface area contributed by atoms with Crippen LogP contribution in [0, 0.1) is 12.3 Å². The first-order valence-electron chi connectivity index (χ1n) is 13.2. The minimum atomic E-state index is -1.13. The molecule has 3 fully saturated rings. The van der Waals surface area contributed by atoms with Gasteiger partial charge < -0.3 is 30.4 Å². The van der Waals surface area contributed by atoms with E-state index in [2.05, 4.69) is 23.6 Å². The fraction of sp³-hybridized carbons (Fsp3) is 0.679. The van der Waals surface area contributed by atoms with Crippen LogP contribution in [0.1, 0.15) is 53.9 Å². The van der Waals surface area contributed by atoms with Crippen LogP contribution in [0.3, 0.4) is 0 Å². The van der Waals surface area contributed by atoms with E-state index in [0.29, 0.717) is 31.8 Å². The van der Waals surface area contributed by atoms with Gasteiger partial charge in [0.15, 0.2) is 6.29 Å². The van der Waals surface area contributed by atoms with Gasteiger partial charge in [-0.1, -0.05) is 43.7 Å². The van der Waals surface area contributed by atoms with Gasteiger partial charge >= 0.3 is 0 Å². The van der Waals surface area contributed by atoms with E-state index in [1.165, 1.54) is 6.08 Å². The van der Waals surface area contributed by atoms with E-state index in [1.54, 1.807) is 13.0 Å². The molecular weight excluding hydrogens is 474 g/mol. The number of allylic oxidation sites excluding steroid dienone is 3. The number of carbonyl (C=O) groups excluding carboxylic acids is 2. The van der Waals surface area contributed by atoms with Crippen molar-refractivity contribution >= 4 is 12.2 Å². The highest BCUT2D eigenvalue weighted by Gasteiger charge is 2.58. The number of aldehydes is 1. The molecular formula is C28H44N3O6. The average molecular weight is 519 g/mol. The van der Waals surface area contributed by atoms with Gasteiger partial charge in [-0.3, -0.25) is 14.9 Å². The summed E-state index contributed by atoms with van der Waals surface area (Å²) in [4.78, 5) is 23.2. The molecule has 37 heavy (non-hydrogen) atoms. The number of aliphatic hydroxyl groups is 1. The number of hydrogen-bond acceptors (Lipinski definition) is 8. The van der Waals surface area contributed by atoms with Gasteiger partial charge in [0.25, 0.3) is 0 Å². The lowest BCUT2D eigenvalue weighted by molar-refractivity contribution is -0.133. The lowest BCUT2D eigenvalue weighted by Gasteiger charge is -2.39. The van der Waals surface area contributed by atoms with Gasteiger partial charge in [-0.15, -0.1) is 0 Å². The van der Waals surface area contributed by atoms with Crippen molar-refractivity contribution < 1.29 is 28.9 Å². The number of ether oxygens (including phenoxy) is 3. The summed E-state index contributed by atoms with van der Waals surface area (Å²) in [6.07, 6.45) is 12.3. The van der Waals surface area contributed by atoms with Crippen molar-refractivity contribution in [1.29, 1.82) is 0 Å². The molecule has 0 aromatic rings. The Hall–Kier alpha value is -1.88. The van der Waals surface area contributed by atoms with E-state index in [0.717, 1.165) is 18.4 Å². The van der Waals surface area contributed by atoms with Crippen LogP contribution in [0.15, 0.2) is 36.0 Å². The maximum Gasteiger partial charge on any atom is 0.243 e. The molecule has 5 N–H and O–H groups in total. The summed E-state index contributed by atoms with van der Waals surface area (Å²) in [5, 5.41) is 16.9. The maximum absolute atomic E-state index is 12.1. The molecule has 207 valence electrons. The molecule has 9 nitrogen and oxygen atoms in total. The first-order valence-corrected chi connectivity index (χ1v) is 13.2. The van der Waals surface area contributed by atoms with Gasteiger partial charge in [-0.05, 0) is 52.0 Å². The highest BCUT2D eigenvalue weighted by molar-refractivity contribution is 5.87. The molecule has 3 saturated heterocycles. The molecule has 9 heteroatoms. The van der Waals surface area contributed by atoms with Crippen molar-refractivity contribution in [1.82, 2.24) is 10.6 Å². The molecule has 0 aromatic heterocycles. The Kier molecular flexibility index (Phi) is 10.2. The molecule has 0 aliphatic carbocycles. The van der Waals surface area contributed by atoms with Crippen LogP contribution in [0.2, 0.25) is 0 Å². The first kappa shape index (κ1) is 29.7. The Morgan fingerprint density at radius 2 is 2.00 bits per heavy atom. The monoisotopic (exact) mass is 518 g/mol. The van der Waals surface area contributed by atoms with Crippen molar-refractivity contribution in [2.24, 2.45) is 11.7 Å². The summed E-state index contributed by atoms with van der Waals surface area (Å²) in [5.74, 6) is 0.189. The van der Waals surface area contributed by atoms with Crippen LogP contribution in [0.5, 0.6) is 0 Å². The van der Waals surface area contributed by atoms with Gasteiger partial charge in [0, 0.05) is 13.0 Å². The number of rotatable bonds is 11. The van der Waals surface area contributed by atoms with Gasteiger partial charge in [-0.2, -0.15) is 0 Å². The largest absolute Gasteiger partial charge is 0.387 e. The van der Waals surface area contributed by atoms with Gasteiger partial charge in [0.2, 0.25) is 5.91 Å². The molecule has 0 saturated carbocycles. The number of epoxide rings is 1. The summed E-state index contributed by atoms with van der Waals surface area (Å²) < 4.78 is 18.0.